The van der Waals surface area contributed by atoms with Gasteiger partial charge in [-0.2, -0.15) is 0 Å². The summed E-state index contributed by atoms with van der Waals surface area (Å²) in [4.78, 5) is 27.0. The zero-order valence-corrected chi connectivity index (χ0v) is 15.9. The molecule has 0 aromatic heterocycles. The molecular weight excluding hydrogens is 364 g/mol. The van der Waals surface area contributed by atoms with E-state index in [1.165, 1.54) is 0 Å². The van der Waals surface area contributed by atoms with E-state index < -0.39 is 0 Å². The Morgan fingerprint density at radius 1 is 0.963 bits per heavy atom. The highest BCUT2D eigenvalue weighted by Crippen LogP contribution is 2.20. The average molecular weight is 387 g/mol. The number of rotatable bonds is 5. The van der Waals surface area contributed by atoms with Crippen molar-refractivity contribution in [1.29, 1.82) is 0 Å². The van der Waals surface area contributed by atoms with Crippen molar-refractivity contribution in [1.82, 2.24) is 4.90 Å². The predicted octanol–water partition coefficient (Wildman–Crippen LogP) is 4.37. The molecule has 0 bridgehead atoms. The maximum absolute atomic E-state index is 12.9. The summed E-state index contributed by atoms with van der Waals surface area (Å²) in [6, 6.07) is 13.9. The normalized spacial score (nSPS) is 14.3. The summed E-state index contributed by atoms with van der Waals surface area (Å²) < 4.78 is 5.46. The Labute approximate surface area is 164 Å². The second-order valence-corrected chi connectivity index (χ2v) is 6.98. The third-order valence-electron chi connectivity index (χ3n) is 4.51. The lowest BCUT2D eigenvalue weighted by Crippen LogP contribution is -2.33. The van der Waals surface area contributed by atoms with Gasteiger partial charge in [-0.1, -0.05) is 36.6 Å². The maximum Gasteiger partial charge on any atom is 0.262 e. The molecule has 1 N–H and O–H groups in total. The molecule has 1 saturated heterocycles. The summed E-state index contributed by atoms with van der Waals surface area (Å²) in [6.07, 6.45) is 4.36. The molecule has 0 spiro atoms. The number of anilines is 1. The lowest BCUT2D eigenvalue weighted by molar-refractivity contribution is -0.118. The second-order valence-electron chi connectivity index (χ2n) is 6.54. The van der Waals surface area contributed by atoms with Gasteiger partial charge in [0.15, 0.2) is 6.61 Å². The number of benzene rings is 2. The number of nitrogens with one attached hydrogen (secondary N) is 1. The molecule has 27 heavy (non-hydrogen) atoms. The van der Waals surface area contributed by atoms with E-state index in [9.17, 15) is 9.59 Å². The van der Waals surface area contributed by atoms with Gasteiger partial charge in [0, 0.05) is 18.1 Å². The Hall–Kier alpha value is -2.53. The highest BCUT2D eigenvalue weighted by molar-refractivity contribution is 6.30. The Bertz CT molecular complexity index is 784. The summed E-state index contributed by atoms with van der Waals surface area (Å²) >= 11 is 5.83. The molecule has 0 aliphatic carbocycles. The van der Waals surface area contributed by atoms with Crippen LogP contribution in [0.15, 0.2) is 48.5 Å². The van der Waals surface area contributed by atoms with Crippen LogP contribution in [-0.2, 0) is 4.79 Å². The molecule has 0 atom stereocenters. The van der Waals surface area contributed by atoms with E-state index in [0.29, 0.717) is 22.0 Å². The standard InChI is InChI=1S/C21H23ClN2O3/c22-16-9-11-17(12-10-16)27-15-20(25)23-19-8-4-3-7-18(19)21(26)24-13-5-1-2-6-14-24/h3-4,7-12H,1-2,5-6,13-15H2,(H,23,25). The van der Waals surface area contributed by atoms with Crippen molar-refractivity contribution >= 4 is 29.1 Å². The van der Waals surface area contributed by atoms with Crippen molar-refractivity contribution in [2.45, 2.75) is 25.7 Å². The van der Waals surface area contributed by atoms with E-state index >= 15 is 0 Å². The fraction of sp³-hybridized carbons (Fsp3) is 0.333. The average Bonchev–Trinajstić information content (AvgIpc) is 2.97. The summed E-state index contributed by atoms with van der Waals surface area (Å²) in [5, 5.41) is 3.39. The lowest BCUT2D eigenvalue weighted by atomic mass is 10.1. The van der Waals surface area contributed by atoms with Crippen LogP contribution in [0.25, 0.3) is 0 Å². The van der Waals surface area contributed by atoms with Gasteiger partial charge in [0.05, 0.1) is 11.3 Å². The molecule has 2 aromatic carbocycles. The third-order valence-corrected chi connectivity index (χ3v) is 4.76. The number of halogens is 1. The van der Waals surface area contributed by atoms with Crippen LogP contribution >= 0.6 is 11.6 Å². The zero-order valence-electron chi connectivity index (χ0n) is 15.1. The van der Waals surface area contributed by atoms with Crippen LogP contribution in [0.2, 0.25) is 5.02 Å². The number of hydrogen-bond acceptors (Lipinski definition) is 3. The number of amides is 2. The summed E-state index contributed by atoms with van der Waals surface area (Å²) in [7, 11) is 0. The highest BCUT2D eigenvalue weighted by Gasteiger charge is 2.20. The van der Waals surface area contributed by atoms with Gasteiger partial charge in [0.2, 0.25) is 0 Å². The third kappa shape index (κ3) is 5.47. The minimum atomic E-state index is -0.318. The SMILES string of the molecule is O=C(COc1ccc(Cl)cc1)Nc1ccccc1C(=O)N1CCCCCC1. The number of carbonyl (C=O) groups excluding carboxylic acids is 2. The van der Waals surface area contributed by atoms with Gasteiger partial charge in [-0.05, 0) is 49.2 Å². The Morgan fingerprint density at radius 3 is 2.33 bits per heavy atom. The smallest absolute Gasteiger partial charge is 0.262 e. The monoisotopic (exact) mass is 386 g/mol. The maximum atomic E-state index is 12.9. The molecule has 0 unspecified atom stereocenters. The highest BCUT2D eigenvalue weighted by atomic mass is 35.5. The van der Waals surface area contributed by atoms with Crippen molar-refractivity contribution in [3.63, 3.8) is 0 Å². The molecule has 1 aliphatic rings. The zero-order chi connectivity index (χ0) is 19.1. The van der Waals surface area contributed by atoms with Gasteiger partial charge in [0.25, 0.3) is 11.8 Å². The van der Waals surface area contributed by atoms with Crippen molar-refractivity contribution < 1.29 is 14.3 Å². The first-order valence-electron chi connectivity index (χ1n) is 9.20. The molecule has 3 rings (SSSR count). The van der Waals surface area contributed by atoms with E-state index in [1.54, 1.807) is 42.5 Å². The number of ether oxygens (including phenoxy) is 1. The first kappa shape index (κ1) is 19.2. The van der Waals surface area contributed by atoms with Gasteiger partial charge < -0.3 is 15.0 Å². The minimum Gasteiger partial charge on any atom is -0.484 e. The molecule has 1 fully saturated rings. The number of para-hydroxylation sites is 1. The van der Waals surface area contributed by atoms with Crippen LogP contribution in [0.4, 0.5) is 5.69 Å². The summed E-state index contributed by atoms with van der Waals surface area (Å²) in [5.41, 5.74) is 1.02. The van der Waals surface area contributed by atoms with Gasteiger partial charge in [-0.3, -0.25) is 9.59 Å². The van der Waals surface area contributed by atoms with Crippen LogP contribution in [-0.4, -0.2) is 36.4 Å². The quantitative estimate of drug-likeness (QED) is 0.829. The van der Waals surface area contributed by atoms with Gasteiger partial charge in [-0.15, -0.1) is 0 Å². The second kappa shape index (κ2) is 9.42. The molecule has 5 nitrogen and oxygen atoms in total. The fourth-order valence-corrected chi connectivity index (χ4v) is 3.21. The van der Waals surface area contributed by atoms with Crippen LogP contribution in [0.1, 0.15) is 36.0 Å². The topological polar surface area (TPSA) is 58.6 Å². The van der Waals surface area contributed by atoms with Crippen LogP contribution in [0.3, 0.4) is 0 Å². The molecular formula is C21H23ClN2O3. The van der Waals surface area contributed by atoms with E-state index in [0.717, 1.165) is 38.8 Å². The van der Waals surface area contributed by atoms with E-state index in [4.69, 9.17) is 16.3 Å². The Morgan fingerprint density at radius 2 is 1.63 bits per heavy atom. The minimum absolute atomic E-state index is 0.0357. The molecule has 142 valence electrons. The first-order chi connectivity index (χ1) is 13.1. The molecule has 1 heterocycles. The Balaban J connectivity index is 1.63. The largest absolute Gasteiger partial charge is 0.484 e. The Kier molecular flexibility index (Phi) is 6.71. The summed E-state index contributed by atoms with van der Waals surface area (Å²) in [6.45, 7) is 1.38. The molecule has 2 amide bonds. The number of hydrogen-bond donors (Lipinski definition) is 1. The van der Waals surface area contributed by atoms with E-state index in [1.807, 2.05) is 11.0 Å². The number of likely N-dealkylation sites (tertiary alicyclic amines) is 1. The first-order valence-corrected chi connectivity index (χ1v) is 9.58. The van der Waals surface area contributed by atoms with Crippen molar-refractivity contribution in [2.24, 2.45) is 0 Å². The fourth-order valence-electron chi connectivity index (χ4n) is 3.09. The number of carbonyl (C=O) groups is 2. The number of nitrogens with zero attached hydrogens (tertiary/aromatic N) is 1. The van der Waals surface area contributed by atoms with Crippen LogP contribution < -0.4 is 10.1 Å². The van der Waals surface area contributed by atoms with Crippen LogP contribution in [0, 0.1) is 0 Å². The van der Waals surface area contributed by atoms with Gasteiger partial charge >= 0.3 is 0 Å². The molecule has 1 aliphatic heterocycles. The van der Waals surface area contributed by atoms with Crippen molar-refractivity contribution in [3.8, 4) is 5.75 Å². The predicted molar refractivity (Wildman–Crippen MR) is 106 cm³/mol. The lowest BCUT2D eigenvalue weighted by Gasteiger charge is -2.22. The molecule has 2 aromatic rings. The van der Waals surface area contributed by atoms with E-state index in [-0.39, 0.29) is 18.4 Å². The molecule has 6 heteroatoms. The van der Waals surface area contributed by atoms with Crippen LogP contribution in [0.5, 0.6) is 5.75 Å². The molecule has 0 radical (unpaired) electrons. The van der Waals surface area contributed by atoms with Crippen molar-refractivity contribution in [3.05, 3.63) is 59.1 Å². The summed E-state index contributed by atoms with van der Waals surface area (Å²) in [5.74, 6) is 0.205. The van der Waals surface area contributed by atoms with Gasteiger partial charge in [0.1, 0.15) is 5.75 Å². The van der Waals surface area contributed by atoms with Crippen molar-refractivity contribution in [2.75, 3.05) is 25.0 Å². The van der Waals surface area contributed by atoms with Gasteiger partial charge in [-0.25, -0.2) is 0 Å². The van der Waals surface area contributed by atoms with E-state index in [2.05, 4.69) is 5.32 Å². The molecule has 0 saturated carbocycles.